The van der Waals surface area contributed by atoms with E-state index in [0.29, 0.717) is 25.8 Å². The number of nitrogens with zero attached hydrogens (tertiary/aromatic N) is 1. The van der Waals surface area contributed by atoms with Gasteiger partial charge in [0, 0.05) is 25.8 Å². The molecule has 1 N–H and O–H groups in total. The van der Waals surface area contributed by atoms with E-state index in [1.165, 1.54) is 12.1 Å². The second-order valence-corrected chi connectivity index (χ2v) is 5.38. The maximum Gasteiger partial charge on any atom is 0.264 e. The van der Waals surface area contributed by atoms with Crippen LogP contribution >= 0.6 is 0 Å². The monoisotopic (exact) mass is 316 g/mol. The number of carbonyl (C=O) groups excluding carboxylic acids is 1. The predicted octanol–water partition coefficient (Wildman–Crippen LogP) is 2.46. The molecule has 1 aliphatic rings. The molecule has 0 saturated carbocycles. The Labute approximate surface area is 133 Å². The van der Waals surface area contributed by atoms with Crippen molar-refractivity contribution in [3.05, 3.63) is 59.8 Å². The average Bonchev–Trinajstić information content (AvgIpc) is 3.21. The Morgan fingerprint density at radius 1 is 1.30 bits per heavy atom. The second-order valence-electron chi connectivity index (χ2n) is 5.38. The molecule has 1 aromatic heterocycles. The normalized spacial score (nSPS) is 16.7. The number of nitrogens with one attached hydrogen (secondary N) is 1. The van der Waals surface area contributed by atoms with Crippen molar-refractivity contribution in [1.82, 2.24) is 5.32 Å². The summed E-state index contributed by atoms with van der Waals surface area (Å²) in [5.74, 6) is 0.368. The quantitative estimate of drug-likeness (QED) is 0.890. The Kier molecular flexibility index (Phi) is 4.71. The summed E-state index contributed by atoms with van der Waals surface area (Å²) in [4.78, 5) is 17.2. The minimum absolute atomic E-state index is 0.186. The topological polar surface area (TPSA) is 63.8 Å². The van der Waals surface area contributed by atoms with Gasteiger partial charge in [-0.2, -0.15) is 0 Å². The zero-order valence-corrected chi connectivity index (χ0v) is 12.5. The Morgan fingerprint density at radius 2 is 2.13 bits per heavy atom. The standard InChI is InChI=1S/C17H17FN2O3/c18-13-5-3-12(4-6-13)10-14-11-16(23-20-14)17(21)19-8-7-15-2-1-9-22-15/h1-6,9,16H,7-8,10-11H2,(H,19,21). The molecule has 1 aromatic carbocycles. The van der Waals surface area contributed by atoms with Crippen LogP contribution in [0.1, 0.15) is 17.7 Å². The van der Waals surface area contributed by atoms with E-state index in [2.05, 4.69) is 10.5 Å². The predicted molar refractivity (Wildman–Crippen MR) is 82.5 cm³/mol. The van der Waals surface area contributed by atoms with Crippen LogP contribution in [0.15, 0.2) is 52.2 Å². The molecule has 120 valence electrons. The number of hydrogen-bond donors (Lipinski definition) is 1. The summed E-state index contributed by atoms with van der Waals surface area (Å²) in [6.07, 6.45) is 2.64. The first-order valence-electron chi connectivity index (χ1n) is 7.47. The number of benzene rings is 1. The van der Waals surface area contributed by atoms with Crippen molar-refractivity contribution >= 4 is 11.6 Å². The van der Waals surface area contributed by atoms with Gasteiger partial charge in [0.05, 0.1) is 12.0 Å². The van der Waals surface area contributed by atoms with Crippen molar-refractivity contribution in [2.75, 3.05) is 6.54 Å². The van der Waals surface area contributed by atoms with Gasteiger partial charge in [0.2, 0.25) is 6.10 Å². The first kappa shape index (κ1) is 15.3. The molecule has 0 fully saturated rings. The lowest BCUT2D eigenvalue weighted by Crippen LogP contribution is -2.36. The highest BCUT2D eigenvalue weighted by Gasteiger charge is 2.27. The lowest BCUT2D eigenvalue weighted by Gasteiger charge is -2.08. The zero-order chi connectivity index (χ0) is 16.1. The van der Waals surface area contributed by atoms with Crippen LogP contribution in [0.2, 0.25) is 0 Å². The fourth-order valence-corrected chi connectivity index (χ4v) is 2.39. The summed E-state index contributed by atoms with van der Waals surface area (Å²) in [7, 11) is 0. The van der Waals surface area contributed by atoms with Crippen molar-refractivity contribution in [2.24, 2.45) is 5.16 Å². The SMILES string of the molecule is O=C(NCCc1ccco1)C1CC(Cc2ccc(F)cc2)=NO1. The molecule has 6 heteroatoms. The van der Waals surface area contributed by atoms with Gasteiger partial charge in [-0.25, -0.2) is 4.39 Å². The van der Waals surface area contributed by atoms with E-state index in [0.717, 1.165) is 17.0 Å². The summed E-state index contributed by atoms with van der Waals surface area (Å²) in [5, 5.41) is 6.77. The Bertz CT molecular complexity index is 680. The van der Waals surface area contributed by atoms with Crippen molar-refractivity contribution in [3.8, 4) is 0 Å². The maximum absolute atomic E-state index is 12.9. The van der Waals surface area contributed by atoms with E-state index >= 15 is 0 Å². The van der Waals surface area contributed by atoms with Crippen molar-refractivity contribution in [1.29, 1.82) is 0 Å². The van der Waals surface area contributed by atoms with E-state index in [-0.39, 0.29) is 11.7 Å². The number of rotatable bonds is 6. The van der Waals surface area contributed by atoms with E-state index < -0.39 is 6.10 Å². The summed E-state index contributed by atoms with van der Waals surface area (Å²) < 4.78 is 18.1. The molecule has 5 nitrogen and oxygen atoms in total. The summed E-state index contributed by atoms with van der Waals surface area (Å²) in [6.45, 7) is 0.486. The third-order valence-electron chi connectivity index (χ3n) is 3.59. The lowest BCUT2D eigenvalue weighted by molar-refractivity contribution is -0.131. The van der Waals surface area contributed by atoms with Gasteiger partial charge in [-0.3, -0.25) is 4.79 Å². The number of furan rings is 1. The van der Waals surface area contributed by atoms with Crippen LogP contribution in [0.4, 0.5) is 4.39 Å². The smallest absolute Gasteiger partial charge is 0.264 e. The molecule has 0 spiro atoms. The second kappa shape index (κ2) is 7.09. The van der Waals surface area contributed by atoms with E-state index in [1.807, 2.05) is 12.1 Å². The van der Waals surface area contributed by atoms with Crippen LogP contribution in [0.3, 0.4) is 0 Å². The van der Waals surface area contributed by atoms with Crippen LogP contribution in [0.5, 0.6) is 0 Å². The largest absolute Gasteiger partial charge is 0.469 e. The number of hydrogen-bond acceptors (Lipinski definition) is 4. The van der Waals surface area contributed by atoms with Crippen LogP contribution in [-0.4, -0.2) is 24.3 Å². The number of oxime groups is 1. The first-order chi connectivity index (χ1) is 11.2. The molecule has 0 radical (unpaired) electrons. The molecule has 0 saturated heterocycles. The van der Waals surface area contributed by atoms with E-state index in [4.69, 9.17) is 9.25 Å². The highest BCUT2D eigenvalue weighted by atomic mass is 19.1. The van der Waals surface area contributed by atoms with Crippen LogP contribution < -0.4 is 5.32 Å². The highest BCUT2D eigenvalue weighted by molar-refractivity contribution is 5.93. The first-order valence-corrected chi connectivity index (χ1v) is 7.47. The number of carbonyl (C=O) groups is 1. The third kappa shape index (κ3) is 4.18. The molecule has 1 atom stereocenters. The van der Waals surface area contributed by atoms with Gasteiger partial charge < -0.3 is 14.6 Å². The fourth-order valence-electron chi connectivity index (χ4n) is 2.39. The van der Waals surface area contributed by atoms with Gasteiger partial charge in [-0.15, -0.1) is 0 Å². The number of amides is 1. The highest BCUT2D eigenvalue weighted by Crippen LogP contribution is 2.15. The molecule has 1 amide bonds. The third-order valence-corrected chi connectivity index (χ3v) is 3.59. The molecule has 1 aliphatic heterocycles. The van der Waals surface area contributed by atoms with E-state index in [9.17, 15) is 9.18 Å². The van der Waals surface area contributed by atoms with Gasteiger partial charge in [0.1, 0.15) is 11.6 Å². The van der Waals surface area contributed by atoms with Gasteiger partial charge in [-0.1, -0.05) is 17.3 Å². The molecule has 2 aromatic rings. The molecule has 1 unspecified atom stereocenters. The summed E-state index contributed by atoms with van der Waals surface area (Å²) in [5.41, 5.74) is 1.72. The van der Waals surface area contributed by atoms with Crippen LogP contribution in [0, 0.1) is 5.82 Å². The van der Waals surface area contributed by atoms with Gasteiger partial charge in [0.25, 0.3) is 5.91 Å². The molecular weight excluding hydrogens is 299 g/mol. The Hall–Kier alpha value is -2.63. The molecular formula is C17H17FN2O3. The lowest BCUT2D eigenvalue weighted by atomic mass is 10.0. The van der Waals surface area contributed by atoms with Crippen molar-refractivity contribution < 1.29 is 18.4 Å². The molecule has 2 heterocycles. The molecule has 3 rings (SSSR count). The summed E-state index contributed by atoms with van der Waals surface area (Å²) in [6, 6.07) is 9.90. The van der Waals surface area contributed by atoms with Gasteiger partial charge >= 0.3 is 0 Å². The Morgan fingerprint density at radius 3 is 2.87 bits per heavy atom. The average molecular weight is 316 g/mol. The Balaban J connectivity index is 1.42. The maximum atomic E-state index is 12.9. The van der Waals surface area contributed by atoms with Crippen molar-refractivity contribution in [2.45, 2.75) is 25.4 Å². The molecule has 0 aliphatic carbocycles. The van der Waals surface area contributed by atoms with Crippen LogP contribution in [-0.2, 0) is 22.5 Å². The van der Waals surface area contributed by atoms with Gasteiger partial charge in [0.15, 0.2) is 0 Å². The molecule has 23 heavy (non-hydrogen) atoms. The van der Waals surface area contributed by atoms with E-state index in [1.54, 1.807) is 18.4 Å². The van der Waals surface area contributed by atoms with Crippen molar-refractivity contribution in [3.63, 3.8) is 0 Å². The number of halogens is 1. The van der Waals surface area contributed by atoms with Gasteiger partial charge in [-0.05, 0) is 29.8 Å². The zero-order valence-electron chi connectivity index (χ0n) is 12.5. The summed E-state index contributed by atoms with van der Waals surface area (Å²) >= 11 is 0. The fraction of sp³-hybridized carbons (Fsp3) is 0.294. The van der Waals surface area contributed by atoms with Crippen LogP contribution in [0.25, 0.3) is 0 Å². The minimum atomic E-state index is -0.595. The molecule has 0 bridgehead atoms. The minimum Gasteiger partial charge on any atom is -0.469 e.